The minimum absolute atomic E-state index is 0.00875. The van der Waals surface area contributed by atoms with Crippen LogP contribution in [-0.4, -0.2) is 99.0 Å². The number of urea groups is 2. The molecule has 1 aliphatic carbocycles. The summed E-state index contributed by atoms with van der Waals surface area (Å²) >= 11 is 0.955. The second kappa shape index (κ2) is 14.4. The summed E-state index contributed by atoms with van der Waals surface area (Å²) in [7, 11) is 5.51. The Morgan fingerprint density at radius 1 is 1.07 bits per heavy atom. The van der Waals surface area contributed by atoms with Gasteiger partial charge in [-0.05, 0) is 95.4 Å². The Bertz CT molecular complexity index is 1360. The number of carbonyl (C=O) groups is 5. The first kappa shape index (κ1) is 35.2. The Labute approximate surface area is 275 Å². The van der Waals surface area contributed by atoms with Gasteiger partial charge in [-0.3, -0.25) is 19.3 Å². The Hall–Kier alpha value is -3.65. The average molecular weight is 658 g/mol. The molecule has 1 unspecified atom stereocenters. The first-order chi connectivity index (χ1) is 21.6. The molecule has 6 amide bonds. The number of imide groups is 1. The van der Waals surface area contributed by atoms with Crippen LogP contribution in [0.4, 0.5) is 9.59 Å². The van der Waals surface area contributed by atoms with Crippen LogP contribution in [0.2, 0.25) is 0 Å². The number of carbonyl (C=O) groups excluding carboxylic acids is 5. The quantitative estimate of drug-likeness (QED) is 0.267. The molecule has 2 N–H and O–H groups in total. The molecule has 1 atom stereocenters. The van der Waals surface area contributed by atoms with Crippen molar-refractivity contribution in [2.24, 2.45) is 11.0 Å². The number of hydrogen-bond donors (Lipinski definition) is 2. The molecule has 2 heterocycles. The molecule has 2 aliphatic heterocycles. The zero-order valence-electron chi connectivity index (χ0n) is 27.9. The van der Waals surface area contributed by atoms with Crippen LogP contribution in [0.3, 0.4) is 0 Å². The number of thioether (sulfide) groups is 1. The lowest BCUT2D eigenvalue weighted by atomic mass is 9.88. The molecule has 13 nitrogen and oxygen atoms in total. The zero-order chi connectivity index (χ0) is 33.8. The number of likely N-dealkylation sites (N-methyl/N-ethyl adjacent to an activating group) is 1. The molecule has 0 bridgehead atoms. The lowest BCUT2D eigenvalue weighted by Gasteiger charge is -2.39. The molecule has 0 aromatic heterocycles. The maximum Gasteiger partial charge on any atom is 0.343 e. The molecular formula is C32H47N7O6S. The van der Waals surface area contributed by atoms with E-state index in [9.17, 15) is 24.0 Å². The average Bonchev–Trinajstić information content (AvgIpc) is 3.49. The van der Waals surface area contributed by atoms with Gasteiger partial charge in [-0.25, -0.2) is 9.59 Å². The fourth-order valence-electron chi connectivity index (χ4n) is 5.61. The number of Topliss-reactive ketones (excluding diaryl/α,β-unsaturated/α-hetero) is 1. The molecule has 46 heavy (non-hydrogen) atoms. The van der Waals surface area contributed by atoms with Gasteiger partial charge in [0.25, 0.3) is 23.3 Å². The first-order valence-corrected chi connectivity index (χ1v) is 16.8. The van der Waals surface area contributed by atoms with Gasteiger partial charge in [0.05, 0.1) is 5.88 Å². The standard InChI is InChI=1S/C32H47N7O6S/c1-21(2)11-16-24(40)26-39(35-29(45-26)46-20-38-27(42)31(3,4)37(7)30(38)44)28(43)34-32(17-9-8-10-18-32)33-25(41)23-14-12-22(13-15-23)19-36(5)6/h12-15,21,26H,8-11,16-20H2,1-7H3,(H,33,41)(H,34,43). The van der Waals surface area contributed by atoms with Gasteiger partial charge < -0.3 is 25.2 Å². The molecule has 252 valence electrons. The Kier molecular flexibility index (Phi) is 11.0. The van der Waals surface area contributed by atoms with Crippen LogP contribution in [-0.2, 0) is 20.9 Å². The Morgan fingerprint density at radius 2 is 1.72 bits per heavy atom. The van der Waals surface area contributed by atoms with Gasteiger partial charge in [0.15, 0.2) is 5.78 Å². The minimum Gasteiger partial charge on any atom is -0.438 e. The topological polar surface area (TPSA) is 144 Å². The van der Waals surface area contributed by atoms with Gasteiger partial charge >= 0.3 is 12.1 Å². The lowest BCUT2D eigenvalue weighted by Crippen LogP contribution is -2.64. The van der Waals surface area contributed by atoms with E-state index in [4.69, 9.17) is 4.74 Å². The summed E-state index contributed by atoms with van der Waals surface area (Å²) in [5, 5.41) is 11.4. The number of rotatable bonds is 11. The smallest absolute Gasteiger partial charge is 0.343 e. The number of hydrogen-bond acceptors (Lipinski definition) is 9. The van der Waals surface area contributed by atoms with Gasteiger partial charge in [-0.2, -0.15) is 5.01 Å². The summed E-state index contributed by atoms with van der Waals surface area (Å²) in [6.45, 7) is 8.07. The highest BCUT2D eigenvalue weighted by Gasteiger charge is 2.50. The molecule has 3 aliphatic rings. The van der Waals surface area contributed by atoms with Gasteiger partial charge in [0.2, 0.25) is 0 Å². The molecule has 0 radical (unpaired) electrons. The van der Waals surface area contributed by atoms with E-state index in [1.54, 1.807) is 33.0 Å². The number of hydrazone groups is 1. The SMILES string of the molecule is CC(C)CCC(=O)C1OC(SCN2C(=O)N(C)C(C)(C)C2=O)=NN1C(=O)NC1(NC(=O)c2ccc(CN(C)C)cc2)CCCCC1. The predicted octanol–water partition coefficient (Wildman–Crippen LogP) is 4.15. The predicted molar refractivity (Wildman–Crippen MR) is 175 cm³/mol. The second-order valence-electron chi connectivity index (χ2n) is 13.4. The third-order valence-corrected chi connectivity index (χ3v) is 9.45. The van der Waals surface area contributed by atoms with Crippen LogP contribution in [0.1, 0.15) is 88.6 Å². The van der Waals surface area contributed by atoms with E-state index in [2.05, 4.69) is 15.7 Å². The lowest BCUT2D eigenvalue weighted by molar-refractivity contribution is -0.131. The second-order valence-corrected chi connectivity index (χ2v) is 14.3. The molecule has 1 aromatic carbocycles. The first-order valence-electron chi connectivity index (χ1n) is 15.8. The number of ether oxygens (including phenoxy) is 1. The van der Waals surface area contributed by atoms with Crippen LogP contribution in [0, 0.1) is 5.92 Å². The molecule has 4 rings (SSSR count). The summed E-state index contributed by atoms with van der Waals surface area (Å²) in [4.78, 5) is 70.6. The van der Waals surface area contributed by atoms with Crippen LogP contribution in [0.15, 0.2) is 29.4 Å². The molecular weight excluding hydrogens is 610 g/mol. The van der Waals surface area contributed by atoms with Crippen molar-refractivity contribution < 1.29 is 28.7 Å². The van der Waals surface area contributed by atoms with Crippen molar-refractivity contribution in [2.75, 3.05) is 27.0 Å². The molecule has 0 spiro atoms. The minimum atomic E-state index is -1.31. The number of benzene rings is 1. The van der Waals surface area contributed by atoms with Gasteiger partial charge in [0.1, 0.15) is 11.2 Å². The van der Waals surface area contributed by atoms with Crippen LogP contribution >= 0.6 is 11.8 Å². The molecule has 1 saturated heterocycles. The van der Waals surface area contributed by atoms with E-state index in [1.165, 1.54) is 4.90 Å². The van der Waals surface area contributed by atoms with E-state index < -0.39 is 29.5 Å². The van der Waals surface area contributed by atoms with Crippen LogP contribution < -0.4 is 10.6 Å². The van der Waals surface area contributed by atoms with Crippen molar-refractivity contribution in [3.05, 3.63) is 35.4 Å². The normalized spacial score (nSPS) is 20.7. The highest BCUT2D eigenvalue weighted by Crippen LogP contribution is 2.31. The molecule has 2 fully saturated rings. The monoisotopic (exact) mass is 657 g/mol. The largest absolute Gasteiger partial charge is 0.438 e. The highest BCUT2D eigenvalue weighted by atomic mass is 32.2. The van der Waals surface area contributed by atoms with E-state index in [-0.39, 0.29) is 41.0 Å². The number of amides is 6. The Balaban J connectivity index is 1.51. The van der Waals surface area contributed by atoms with Crippen molar-refractivity contribution >= 4 is 46.7 Å². The summed E-state index contributed by atoms with van der Waals surface area (Å²) < 4.78 is 5.88. The van der Waals surface area contributed by atoms with Gasteiger partial charge in [-0.15, -0.1) is 5.10 Å². The summed E-state index contributed by atoms with van der Waals surface area (Å²) in [5.74, 6) is -0.842. The van der Waals surface area contributed by atoms with E-state index in [1.807, 2.05) is 45.0 Å². The number of ketones is 1. The molecule has 14 heteroatoms. The third kappa shape index (κ3) is 8.00. The van der Waals surface area contributed by atoms with Crippen molar-refractivity contribution in [1.29, 1.82) is 0 Å². The summed E-state index contributed by atoms with van der Waals surface area (Å²) in [6.07, 6.45) is 3.04. The van der Waals surface area contributed by atoms with Gasteiger partial charge in [0, 0.05) is 25.6 Å². The summed E-state index contributed by atoms with van der Waals surface area (Å²) in [6, 6.07) is 6.22. The van der Waals surface area contributed by atoms with Crippen molar-refractivity contribution in [3.8, 4) is 0 Å². The molecule has 1 saturated carbocycles. The van der Waals surface area contributed by atoms with Crippen LogP contribution in [0.25, 0.3) is 0 Å². The van der Waals surface area contributed by atoms with Crippen molar-refractivity contribution in [3.63, 3.8) is 0 Å². The van der Waals surface area contributed by atoms with Gasteiger partial charge in [-0.1, -0.05) is 32.4 Å². The van der Waals surface area contributed by atoms with Crippen molar-refractivity contribution in [1.82, 2.24) is 30.3 Å². The van der Waals surface area contributed by atoms with E-state index in [0.29, 0.717) is 24.8 Å². The van der Waals surface area contributed by atoms with E-state index >= 15 is 0 Å². The maximum atomic E-state index is 13.9. The van der Waals surface area contributed by atoms with E-state index in [0.717, 1.165) is 53.0 Å². The van der Waals surface area contributed by atoms with Crippen LogP contribution in [0.5, 0.6) is 0 Å². The summed E-state index contributed by atoms with van der Waals surface area (Å²) in [5.41, 5.74) is -0.491. The maximum absolute atomic E-state index is 13.9. The molecule has 1 aromatic rings. The number of nitrogens with zero attached hydrogens (tertiary/aromatic N) is 5. The fraction of sp³-hybridized carbons (Fsp3) is 0.625. The van der Waals surface area contributed by atoms with Crippen molar-refractivity contribution in [2.45, 2.75) is 96.6 Å². The fourth-order valence-corrected chi connectivity index (χ4v) is 6.38. The zero-order valence-corrected chi connectivity index (χ0v) is 28.7. The number of nitrogens with one attached hydrogen (secondary N) is 2. The Morgan fingerprint density at radius 3 is 2.28 bits per heavy atom. The third-order valence-electron chi connectivity index (χ3n) is 8.64. The highest BCUT2D eigenvalue weighted by molar-refractivity contribution is 8.13.